The first kappa shape index (κ1) is 15.2. The summed E-state index contributed by atoms with van der Waals surface area (Å²) >= 11 is 0. The first-order valence-electron chi connectivity index (χ1n) is 6.46. The van der Waals surface area contributed by atoms with Crippen LogP contribution in [0.15, 0.2) is 30.3 Å². The van der Waals surface area contributed by atoms with Crippen LogP contribution in [0, 0.1) is 5.92 Å². The van der Waals surface area contributed by atoms with Gasteiger partial charge in [0, 0.05) is 0 Å². The van der Waals surface area contributed by atoms with Crippen molar-refractivity contribution >= 4 is 11.9 Å². The largest absolute Gasteiger partial charge is 0.445 e. The zero-order chi connectivity index (χ0) is 14.3. The van der Waals surface area contributed by atoms with E-state index in [0.717, 1.165) is 5.56 Å². The van der Waals surface area contributed by atoms with Crippen LogP contribution in [-0.2, 0) is 16.1 Å². The van der Waals surface area contributed by atoms with Gasteiger partial charge in [0.15, 0.2) is 5.78 Å². The van der Waals surface area contributed by atoms with E-state index in [-0.39, 0.29) is 12.4 Å². The van der Waals surface area contributed by atoms with Gasteiger partial charge in [0.1, 0.15) is 6.61 Å². The number of hydrogen-bond acceptors (Lipinski definition) is 3. The van der Waals surface area contributed by atoms with Crippen LogP contribution in [0.1, 0.15) is 32.8 Å². The van der Waals surface area contributed by atoms with Gasteiger partial charge in [-0.15, -0.1) is 0 Å². The number of rotatable bonds is 6. The highest BCUT2D eigenvalue weighted by Gasteiger charge is 2.18. The van der Waals surface area contributed by atoms with E-state index in [2.05, 4.69) is 5.32 Å². The molecular formula is C15H21NO3. The van der Waals surface area contributed by atoms with Gasteiger partial charge in [-0.05, 0) is 24.8 Å². The predicted molar refractivity (Wildman–Crippen MR) is 73.7 cm³/mol. The zero-order valence-corrected chi connectivity index (χ0v) is 11.7. The number of carbonyl (C=O) groups excluding carboxylic acids is 2. The minimum absolute atomic E-state index is 0.0506. The number of carbonyl (C=O) groups is 2. The van der Waals surface area contributed by atoms with E-state index in [1.165, 1.54) is 6.92 Å². The maximum absolute atomic E-state index is 11.6. The summed E-state index contributed by atoms with van der Waals surface area (Å²) < 4.78 is 5.09. The Labute approximate surface area is 114 Å². The Kier molecular flexibility index (Phi) is 6.06. The molecule has 0 aliphatic carbocycles. The number of ether oxygens (including phenoxy) is 1. The molecule has 0 aromatic heterocycles. The molecule has 0 spiro atoms. The van der Waals surface area contributed by atoms with Gasteiger partial charge in [-0.3, -0.25) is 4.79 Å². The molecule has 0 fully saturated rings. The maximum Gasteiger partial charge on any atom is 0.408 e. The highest BCUT2D eigenvalue weighted by Crippen LogP contribution is 2.06. The van der Waals surface area contributed by atoms with Gasteiger partial charge < -0.3 is 10.1 Å². The number of Topliss-reactive ketones (excluding diaryl/α,β-unsaturated/α-hetero) is 1. The molecule has 1 amide bonds. The number of hydrogen-bond donors (Lipinski definition) is 1. The van der Waals surface area contributed by atoms with Gasteiger partial charge >= 0.3 is 6.09 Å². The summed E-state index contributed by atoms with van der Waals surface area (Å²) in [6.45, 7) is 5.70. The fraction of sp³-hybridized carbons (Fsp3) is 0.467. The van der Waals surface area contributed by atoms with Crippen molar-refractivity contribution in [2.24, 2.45) is 5.92 Å². The SMILES string of the molecule is CC(=O)[C@H](CC(C)C)NC(=O)OCc1ccccc1. The van der Waals surface area contributed by atoms with Crippen LogP contribution in [0.25, 0.3) is 0 Å². The molecule has 19 heavy (non-hydrogen) atoms. The maximum atomic E-state index is 11.6. The van der Waals surface area contributed by atoms with Gasteiger partial charge in [0.05, 0.1) is 6.04 Å². The third kappa shape index (κ3) is 6.04. The first-order chi connectivity index (χ1) is 8.99. The molecule has 4 heteroatoms. The second-order valence-electron chi connectivity index (χ2n) is 5.00. The van der Waals surface area contributed by atoms with E-state index < -0.39 is 12.1 Å². The summed E-state index contributed by atoms with van der Waals surface area (Å²) in [5, 5.41) is 2.61. The van der Waals surface area contributed by atoms with Crippen molar-refractivity contribution in [1.29, 1.82) is 0 Å². The van der Waals surface area contributed by atoms with Gasteiger partial charge in [-0.25, -0.2) is 4.79 Å². The lowest BCUT2D eigenvalue weighted by molar-refractivity contribution is -0.119. The summed E-state index contributed by atoms with van der Waals surface area (Å²) in [6.07, 6.45) is 0.0696. The molecule has 0 saturated carbocycles. The topological polar surface area (TPSA) is 55.4 Å². The molecule has 0 unspecified atom stereocenters. The standard InChI is InChI=1S/C15H21NO3/c1-11(2)9-14(12(3)17)16-15(18)19-10-13-7-5-4-6-8-13/h4-8,11,14H,9-10H2,1-3H3,(H,16,18)/t14-/m0/s1. The lowest BCUT2D eigenvalue weighted by Gasteiger charge is -2.17. The van der Waals surface area contributed by atoms with Crippen LogP contribution in [0.4, 0.5) is 4.79 Å². The molecule has 1 N–H and O–H groups in total. The number of nitrogens with one attached hydrogen (secondary N) is 1. The van der Waals surface area contributed by atoms with Gasteiger partial charge in [0.2, 0.25) is 0 Å². The van der Waals surface area contributed by atoms with Gasteiger partial charge in [-0.2, -0.15) is 0 Å². The highest BCUT2D eigenvalue weighted by molar-refractivity contribution is 5.85. The Hall–Kier alpha value is -1.84. The normalized spacial score (nSPS) is 12.0. The molecule has 104 valence electrons. The Morgan fingerprint density at radius 3 is 2.37 bits per heavy atom. The Morgan fingerprint density at radius 2 is 1.84 bits per heavy atom. The number of ketones is 1. The molecule has 1 aromatic rings. The molecule has 0 saturated heterocycles. The molecule has 1 rings (SSSR count). The lowest BCUT2D eigenvalue weighted by Crippen LogP contribution is -2.40. The van der Waals surface area contributed by atoms with E-state index in [0.29, 0.717) is 12.3 Å². The van der Waals surface area contributed by atoms with Crippen LogP contribution >= 0.6 is 0 Å². The smallest absolute Gasteiger partial charge is 0.408 e. The lowest BCUT2D eigenvalue weighted by atomic mass is 10.0. The van der Waals surface area contributed by atoms with Crippen LogP contribution in [0.5, 0.6) is 0 Å². The number of alkyl carbamates (subject to hydrolysis) is 1. The Balaban J connectivity index is 2.42. The van der Waals surface area contributed by atoms with Crippen molar-refractivity contribution in [2.45, 2.75) is 39.8 Å². The van der Waals surface area contributed by atoms with Crippen LogP contribution in [0.3, 0.4) is 0 Å². The Morgan fingerprint density at radius 1 is 1.21 bits per heavy atom. The molecule has 1 aromatic carbocycles. The number of benzene rings is 1. The quantitative estimate of drug-likeness (QED) is 0.858. The molecule has 0 bridgehead atoms. The first-order valence-corrected chi connectivity index (χ1v) is 6.46. The fourth-order valence-electron chi connectivity index (χ4n) is 1.70. The van der Waals surface area contributed by atoms with E-state index in [4.69, 9.17) is 4.74 Å². The molecule has 0 aliphatic heterocycles. The van der Waals surface area contributed by atoms with Crippen molar-refractivity contribution in [3.63, 3.8) is 0 Å². The van der Waals surface area contributed by atoms with E-state index in [9.17, 15) is 9.59 Å². The second kappa shape index (κ2) is 7.56. The Bertz CT molecular complexity index is 415. The zero-order valence-electron chi connectivity index (χ0n) is 11.7. The third-order valence-electron chi connectivity index (χ3n) is 2.70. The number of amides is 1. The predicted octanol–water partition coefficient (Wildman–Crippen LogP) is 2.92. The van der Waals surface area contributed by atoms with Gasteiger partial charge in [0.25, 0.3) is 0 Å². The summed E-state index contributed by atoms with van der Waals surface area (Å²) in [4.78, 5) is 23.0. The van der Waals surface area contributed by atoms with E-state index >= 15 is 0 Å². The van der Waals surface area contributed by atoms with Crippen LogP contribution in [0.2, 0.25) is 0 Å². The van der Waals surface area contributed by atoms with Crippen molar-refractivity contribution in [3.8, 4) is 0 Å². The average molecular weight is 263 g/mol. The summed E-state index contributed by atoms with van der Waals surface area (Å²) in [5.74, 6) is 0.286. The van der Waals surface area contributed by atoms with Gasteiger partial charge in [-0.1, -0.05) is 44.2 Å². The van der Waals surface area contributed by atoms with Crippen LogP contribution < -0.4 is 5.32 Å². The summed E-state index contributed by atoms with van der Waals surface area (Å²) in [7, 11) is 0. The minimum atomic E-state index is -0.551. The molecular weight excluding hydrogens is 242 g/mol. The third-order valence-corrected chi connectivity index (χ3v) is 2.70. The highest BCUT2D eigenvalue weighted by atomic mass is 16.5. The summed E-state index contributed by atoms with van der Waals surface area (Å²) in [5.41, 5.74) is 0.917. The van der Waals surface area contributed by atoms with E-state index in [1.54, 1.807) is 0 Å². The monoisotopic (exact) mass is 263 g/mol. The molecule has 4 nitrogen and oxygen atoms in total. The van der Waals surface area contributed by atoms with Crippen molar-refractivity contribution in [1.82, 2.24) is 5.32 Å². The minimum Gasteiger partial charge on any atom is -0.445 e. The molecule has 0 aliphatic rings. The van der Waals surface area contributed by atoms with Crippen molar-refractivity contribution in [2.75, 3.05) is 0 Å². The molecule has 0 heterocycles. The fourth-order valence-corrected chi connectivity index (χ4v) is 1.70. The van der Waals surface area contributed by atoms with Crippen molar-refractivity contribution in [3.05, 3.63) is 35.9 Å². The van der Waals surface area contributed by atoms with Crippen LogP contribution in [-0.4, -0.2) is 17.9 Å². The van der Waals surface area contributed by atoms with E-state index in [1.807, 2.05) is 44.2 Å². The molecule has 0 radical (unpaired) electrons. The van der Waals surface area contributed by atoms with Crippen molar-refractivity contribution < 1.29 is 14.3 Å². The second-order valence-corrected chi connectivity index (χ2v) is 5.00. The summed E-state index contributed by atoms with van der Waals surface area (Å²) in [6, 6.07) is 8.95. The molecule has 1 atom stereocenters. The average Bonchev–Trinajstić information content (AvgIpc) is 2.36.